The van der Waals surface area contributed by atoms with Crippen LogP contribution in [0.1, 0.15) is 50.7 Å². The maximum absolute atomic E-state index is 11.5. The highest BCUT2D eigenvalue weighted by Gasteiger charge is 2.17. The van der Waals surface area contributed by atoms with Crippen molar-refractivity contribution >= 4 is 21.9 Å². The SMILES string of the molecule is CC(C)c1cccc(C(C)C)c1OC(=O)CBr. The van der Waals surface area contributed by atoms with Gasteiger partial charge >= 0.3 is 5.97 Å². The summed E-state index contributed by atoms with van der Waals surface area (Å²) < 4.78 is 5.46. The molecule has 17 heavy (non-hydrogen) atoms. The lowest BCUT2D eigenvalue weighted by atomic mass is 9.94. The summed E-state index contributed by atoms with van der Waals surface area (Å²) in [5, 5.41) is 0.219. The molecule has 94 valence electrons. The number of esters is 1. The van der Waals surface area contributed by atoms with E-state index < -0.39 is 0 Å². The summed E-state index contributed by atoms with van der Waals surface area (Å²) in [7, 11) is 0. The minimum atomic E-state index is -0.250. The van der Waals surface area contributed by atoms with Crippen molar-refractivity contribution in [3.05, 3.63) is 29.3 Å². The van der Waals surface area contributed by atoms with E-state index >= 15 is 0 Å². The molecule has 0 atom stereocenters. The molecular weight excluding hydrogens is 280 g/mol. The van der Waals surface area contributed by atoms with Crippen molar-refractivity contribution in [3.63, 3.8) is 0 Å². The summed E-state index contributed by atoms with van der Waals surface area (Å²) in [4.78, 5) is 11.5. The number of para-hydroxylation sites is 1. The maximum atomic E-state index is 11.5. The molecule has 0 bridgehead atoms. The van der Waals surface area contributed by atoms with E-state index in [2.05, 4.69) is 43.6 Å². The third kappa shape index (κ3) is 3.56. The zero-order chi connectivity index (χ0) is 13.0. The average Bonchev–Trinajstić information content (AvgIpc) is 2.28. The highest BCUT2D eigenvalue weighted by molar-refractivity contribution is 9.09. The van der Waals surface area contributed by atoms with Crippen molar-refractivity contribution in [1.29, 1.82) is 0 Å². The van der Waals surface area contributed by atoms with Gasteiger partial charge < -0.3 is 4.74 Å². The van der Waals surface area contributed by atoms with E-state index in [1.807, 2.05) is 18.2 Å². The standard InChI is InChI=1S/C14H19BrO2/c1-9(2)11-6-5-7-12(10(3)4)14(11)17-13(16)8-15/h5-7,9-10H,8H2,1-4H3. The molecule has 0 saturated heterocycles. The molecule has 0 aliphatic rings. The molecule has 0 fully saturated rings. The molecule has 0 heterocycles. The van der Waals surface area contributed by atoms with Crippen LogP contribution in [0.5, 0.6) is 5.75 Å². The quantitative estimate of drug-likeness (QED) is 0.472. The predicted octanol–water partition coefficient (Wildman–Crippen LogP) is 4.23. The van der Waals surface area contributed by atoms with Crippen molar-refractivity contribution < 1.29 is 9.53 Å². The maximum Gasteiger partial charge on any atom is 0.321 e. The van der Waals surface area contributed by atoms with Gasteiger partial charge in [-0.15, -0.1) is 0 Å². The molecule has 0 unspecified atom stereocenters. The van der Waals surface area contributed by atoms with Crippen LogP contribution in [0, 0.1) is 0 Å². The number of benzene rings is 1. The third-order valence-corrected chi connectivity index (χ3v) is 3.10. The number of carbonyl (C=O) groups excluding carboxylic acids is 1. The lowest BCUT2D eigenvalue weighted by Gasteiger charge is -2.18. The van der Waals surface area contributed by atoms with Crippen LogP contribution in [0.4, 0.5) is 0 Å². The summed E-state index contributed by atoms with van der Waals surface area (Å²) in [6.45, 7) is 8.41. The van der Waals surface area contributed by atoms with Crippen LogP contribution >= 0.6 is 15.9 Å². The molecule has 0 saturated carbocycles. The molecule has 0 aliphatic heterocycles. The van der Waals surface area contributed by atoms with Gasteiger partial charge in [-0.3, -0.25) is 4.79 Å². The van der Waals surface area contributed by atoms with Crippen LogP contribution in [0.2, 0.25) is 0 Å². The smallest absolute Gasteiger partial charge is 0.321 e. The van der Waals surface area contributed by atoms with Gasteiger partial charge in [0, 0.05) is 0 Å². The van der Waals surface area contributed by atoms with Crippen LogP contribution in [0.3, 0.4) is 0 Å². The molecule has 0 aromatic heterocycles. The van der Waals surface area contributed by atoms with E-state index in [4.69, 9.17) is 4.74 Å². The second kappa shape index (κ2) is 6.20. The normalized spacial score (nSPS) is 11.0. The summed E-state index contributed by atoms with van der Waals surface area (Å²) in [6.07, 6.45) is 0. The first kappa shape index (κ1) is 14.2. The van der Waals surface area contributed by atoms with Gasteiger partial charge in [0.1, 0.15) is 11.1 Å². The Kier molecular flexibility index (Phi) is 5.19. The van der Waals surface area contributed by atoms with E-state index in [-0.39, 0.29) is 11.3 Å². The second-order valence-corrected chi connectivity index (χ2v) is 5.24. The first-order chi connectivity index (χ1) is 7.97. The van der Waals surface area contributed by atoms with Crippen LogP contribution in [0.25, 0.3) is 0 Å². The lowest BCUT2D eigenvalue weighted by molar-refractivity contribution is -0.131. The Hall–Kier alpha value is -0.830. The Labute approximate surface area is 111 Å². The van der Waals surface area contributed by atoms with Crippen molar-refractivity contribution in [2.75, 3.05) is 5.33 Å². The number of alkyl halides is 1. The van der Waals surface area contributed by atoms with Gasteiger partial charge in [-0.25, -0.2) is 0 Å². The van der Waals surface area contributed by atoms with Gasteiger partial charge in [0.25, 0.3) is 0 Å². The van der Waals surface area contributed by atoms with Gasteiger partial charge in [0.05, 0.1) is 0 Å². The van der Waals surface area contributed by atoms with E-state index in [0.717, 1.165) is 16.9 Å². The fourth-order valence-electron chi connectivity index (χ4n) is 1.74. The topological polar surface area (TPSA) is 26.3 Å². The molecule has 2 nitrogen and oxygen atoms in total. The molecule has 1 aromatic carbocycles. The lowest BCUT2D eigenvalue weighted by Crippen LogP contribution is -2.12. The minimum absolute atomic E-state index is 0.219. The average molecular weight is 299 g/mol. The van der Waals surface area contributed by atoms with Gasteiger partial charge in [-0.05, 0) is 23.0 Å². The van der Waals surface area contributed by atoms with E-state index in [1.165, 1.54) is 0 Å². The molecule has 0 radical (unpaired) electrons. The Morgan fingerprint density at radius 3 is 2.00 bits per heavy atom. The summed E-state index contributed by atoms with van der Waals surface area (Å²) >= 11 is 3.12. The Morgan fingerprint density at radius 2 is 1.65 bits per heavy atom. The van der Waals surface area contributed by atoms with Gasteiger partial charge in [0.2, 0.25) is 0 Å². The minimum Gasteiger partial charge on any atom is -0.425 e. The Bertz CT molecular complexity index is 371. The number of hydrogen-bond donors (Lipinski definition) is 0. The summed E-state index contributed by atoms with van der Waals surface area (Å²) in [5.41, 5.74) is 2.18. The second-order valence-electron chi connectivity index (χ2n) is 4.68. The van der Waals surface area contributed by atoms with Crippen molar-refractivity contribution in [2.45, 2.75) is 39.5 Å². The molecule has 1 aromatic rings. The molecular formula is C14H19BrO2. The van der Waals surface area contributed by atoms with Gasteiger partial charge in [-0.1, -0.05) is 61.8 Å². The molecule has 0 N–H and O–H groups in total. The van der Waals surface area contributed by atoms with Crippen LogP contribution < -0.4 is 4.74 Å². The first-order valence-electron chi connectivity index (χ1n) is 5.86. The van der Waals surface area contributed by atoms with E-state index in [1.54, 1.807) is 0 Å². The van der Waals surface area contributed by atoms with Gasteiger partial charge in [-0.2, -0.15) is 0 Å². The number of halogens is 1. The summed E-state index contributed by atoms with van der Waals surface area (Å²) in [5.74, 6) is 1.17. The molecule has 3 heteroatoms. The van der Waals surface area contributed by atoms with Crippen molar-refractivity contribution in [2.24, 2.45) is 0 Å². The molecule has 0 amide bonds. The highest BCUT2D eigenvalue weighted by atomic mass is 79.9. The fourth-order valence-corrected chi connectivity index (χ4v) is 1.86. The predicted molar refractivity (Wildman–Crippen MR) is 74.0 cm³/mol. The highest BCUT2D eigenvalue weighted by Crippen LogP contribution is 2.34. The Morgan fingerprint density at radius 1 is 1.18 bits per heavy atom. The third-order valence-electron chi connectivity index (χ3n) is 2.64. The largest absolute Gasteiger partial charge is 0.425 e. The first-order valence-corrected chi connectivity index (χ1v) is 6.99. The van der Waals surface area contributed by atoms with Crippen LogP contribution in [0.15, 0.2) is 18.2 Å². The van der Waals surface area contributed by atoms with E-state index in [0.29, 0.717) is 11.8 Å². The van der Waals surface area contributed by atoms with E-state index in [9.17, 15) is 4.79 Å². The zero-order valence-electron chi connectivity index (χ0n) is 10.8. The number of carbonyl (C=O) groups is 1. The molecule has 0 aliphatic carbocycles. The van der Waals surface area contributed by atoms with Crippen LogP contribution in [-0.4, -0.2) is 11.3 Å². The number of rotatable bonds is 4. The Balaban J connectivity index is 3.23. The summed E-state index contributed by atoms with van der Waals surface area (Å²) in [6, 6.07) is 6.07. The monoisotopic (exact) mass is 298 g/mol. The molecule has 0 spiro atoms. The fraction of sp³-hybridized carbons (Fsp3) is 0.500. The van der Waals surface area contributed by atoms with Crippen molar-refractivity contribution in [3.8, 4) is 5.75 Å². The molecule has 1 rings (SSSR count). The zero-order valence-corrected chi connectivity index (χ0v) is 12.4. The van der Waals surface area contributed by atoms with Gasteiger partial charge in [0.15, 0.2) is 0 Å². The van der Waals surface area contributed by atoms with Crippen molar-refractivity contribution in [1.82, 2.24) is 0 Å². The number of hydrogen-bond acceptors (Lipinski definition) is 2. The van der Waals surface area contributed by atoms with Crippen LogP contribution in [-0.2, 0) is 4.79 Å². The number of ether oxygens (including phenoxy) is 1.